The Morgan fingerprint density at radius 3 is 2.48 bits per heavy atom. The summed E-state index contributed by atoms with van der Waals surface area (Å²) in [4.78, 5) is 0. The molecule has 0 aromatic heterocycles. The third-order valence-corrected chi connectivity index (χ3v) is 3.52. The lowest BCUT2D eigenvalue weighted by atomic mass is 10.2. The van der Waals surface area contributed by atoms with Crippen LogP contribution in [0, 0.1) is 10.8 Å². The monoisotopic (exact) mass is 381 g/mol. The van der Waals surface area contributed by atoms with Crippen LogP contribution in [-0.4, -0.2) is 18.7 Å². The van der Waals surface area contributed by atoms with E-state index in [1.54, 1.807) is 24.3 Å². The summed E-state index contributed by atoms with van der Waals surface area (Å²) in [7, 11) is 0. The fraction of sp³-hybridized carbons (Fsp3) is 0.125. The molecule has 1 heterocycles. The molecule has 0 atom stereocenters. The van der Waals surface area contributed by atoms with Gasteiger partial charge in [-0.25, -0.2) is 0 Å². The van der Waals surface area contributed by atoms with E-state index in [1.807, 2.05) is 18.2 Å². The zero-order valence-corrected chi connectivity index (χ0v) is 14.6. The van der Waals surface area contributed by atoms with Crippen molar-refractivity contribution in [2.45, 2.75) is 6.54 Å². The average molecular weight is 382 g/mol. The minimum Gasteiger partial charge on any atom is -0.454 e. The SMILES string of the molecule is Cl.N=C(NCc1ccc2c(c1)OCO2)NC(=N)Nc1ccc(Cl)cc1. The third-order valence-electron chi connectivity index (χ3n) is 3.27. The molecule has 1 aliphatic heterocycles. The van der Waals surface area contributed by atoms with E-state index in [9.17, 15) is 0 Å². The van der Waals surface area contributed by atoms with Gasteiger partial charge >= 0.3 is 0 Å². The fourth-order valence-corrected chi connectivity index (χ4v) is 2.25. The van der Waals surface area contributed by atoms with Crippen molar-refractivity contribution in [2.24, 2.45) is 0 Å². The van der Waals surface area contributed by atoms with Gasteiger partial charge in [-0.3, -0.25) is 16.1 Å². The van der Waals surface area contributed by atoms with Gasteiger partial charge in [0.2, 0.25) is 6.79 Å². The smallest absolute Gasteiger partial charge is 0.231 e. The molecule has 0 aliphatic carbocycles. The lowest BCUT2D eigenvalue weighted by Crippen LogP contribution is -2.42. The highest BCUT2D eigenvalue weighted by Crippen LogP contribution is 2.32. The molecule has 0 spiro atoms. The minimum atomic E-state index is -0.0134. The largest absolute Gasteiger partial charge is 0.454 e. The van der Waals surface area contributed by atoms with Crippen molar-refractivity contribution in [3.63, 3.8) is 0 Å². The van der Waals surface area contributed by atoms with Crippen molar-refractivity contribution in [3.8, 4) is 11.5 Å². The van der Waals surface area contributed by atoms with Crippen LogP contribution in [0.3, 0.4) is 0 Å². The van der Waals surface area contributed by atoms with E-state index in [1.165, 1.54) is 0 Å². The van der Waals surface area contributed by atoms with Gasteiger partial charge in [-0.1, -0.05) is 17.7 Å². The number of guanidine groups is 2. The van der Waals surface area contributed by atoms with Crippen LogP contribution in [0.5, 0.6) is 11.5 Å². The normalized spacial score (nSPS) is 11.2. The second-order valence-electron chi connectivity index (χ2n) is 5.05. The number of ether oxygens (including phenoxy) is 2. The van der Waals surface area contributed by atoms with Gasteiger partial charge in [-0.05, 0) is 42.0 Å². The predicted octanol–water partition coefficient (Wildman–Crippen LogP) is 3.15. The molecule has 25 heavy (non-hydrogen) atoms. The van der Waals surface area contributed by atoms with Crippen molar-refractivity contribution >= 4 is 41.6 Å². The summed E-state index contributed by atoms with van der Waals surface area (Å²) >= 11 is 5.81. The zero-order chi connectivity index (χ0) is 16.9. The molecule has 0 radical (unpaired) electrons. The Hall–Kier alpha value is -2.64. The summed E-state index contributed by atoms with van der Waals surface area (Å²) in [5.74, 6) is 1.42. The molecule has 132 valence electrons. The quantitative estimate of drug-likeness (QED) is 0.415. The number of anilines is 1. The third kappa shape index (κ3) is 5.17. The number of benzene rings is 2. The van der Waals surface area contributed by atoms with E-state index < -0.39 is 0 Å². The summed E-state index contributed by atoms with van der Waals surface area (Å²) in [6.07, 6.45) is 0. The van der Waals surface area contributed by atoms with Crippen molar-refractivity contribution < 1.29 is 9.47 Å². The van der Waals surface area contributed by atoms with Gasteiger partial charge in [0.1, 0.15) is 0 Å². The molecule has 7 nitrogen and oxygen atoms in total. The molecule has 3 rings (SSSR count). The average Bonchev–Trinajstić information content (AvgIpc) is 3.02. The Labute approximate surface area is 156 Å². The van der Waals surface area contributed by atoms with Gasteiger partial charge in [0.05, 0.1) is 0 Å². The van der Waals surface area contributed by atoms with E-state index in [4.69, 9.17) is 31.9 Å². The van der Waals surface area contributed by atoms with Crippen molar-refractivity contribution in [3.05, 3.63) is 53.1 Å². The molecule has 5 N–H and O–H groups in total. The van der Waals surface area contributed by atoms with Crippen LogP contribution in [0.25, 0.3) is 0 Å². The lowest BCUT2D eigenvalue weighted by Gasteiger charge is -2.13. The first-order chi connectivity index (χ1) is 11.6. The Morgan fingerprint density at radius 1 is 1.00 bits per heavy atom. The molecule has 0 saturated heterocycles. The van der Waals surface area contributed by atoms with Gasteiger partial charge in [-0.2, -0.15) is 0 Å². The summed E-state index contributed by atoms with van der Waals surface area (Å²) in [6, 6.07) is 12.5. The number of hydrogen-bond donors (Lipinski definition) is 5. The van der Waals surface area contributed by atoms with Crippen LogP contribution in [0.1, 0.15) is 5.56 Å². The van der Waals surface area contributed by atoms with Gasteiger partial charge < -0.3 is 20.1 Å². The highest BCUT2D eigenvalue weighted by molar-refractivity contribution is 6.30. The van der Waals surface area contributed by atoms with Crippen molar-refractivity contribution in [2.75, 3.05) is 12.1 Å². The Balaban J connectivity index is 0.00000225. The molecule has 1 aliphatic rings. The Kier molecular flexibility index (Phi) is 6.32. The Bertz CT molecular complexity index is 768. The molecule has 0 amide bonds. The molecule has 9 heteroatoms. The minimum absolute atomic E-state index is 0. The summed E-state index contributed by atoms with van der Waals surface area (Å²) in [5, 5.41) is 24.6. The molecular weight excluding hydrogens is 365 g/mol. The van der Waals surface area contributed by atoms with Gasteiger partial charge in [0.15, 0.2) is 23.4 Å². The highest BCUT2D eigenvalue weighted by Gasteiger charge is 2.13. The molecule has 0 fully saturated rings. The first kappa shape index (κ1) is 18.7. The number of rotatable bonds is 3. The van der Waals surface area contributed by atoms with Crippen LogP contribution in [-0.2, 0) is 6.54 Å². The molecule has 2 aromatic rings. The number of nitrogens with one attached hydrogen (secondary N) is 5. The standard InChI is InChI=1S/C16H16ClN5O2.ClH/c17-11-2-4-12(5-3-11)21-16(19)22-15(18)20-8-10-1-6-13-14(7-10)24-9-23-13;/h1-7H,8-9H2,(H5,18,19,20,21,22);1H. The Morgan fingerprint density at radius 2 is 1.72 bits per heavy atom. The molecule has 0 bridgehead atoms. The van der Waals surface area contributed by atoms with Crippen LogP contribution < -0.4 is 25.4 Å². The second-order valence-corrected chi connectivity index (χ2v) is 5.48. The summed E-state index contributed by atoms with van der Waals surface area (Å²) < 4.78 is 10.6. The maximum atomic E-state index is 7.84. The highest BCUT2D eigenvalue weighted by atomic mass is 35.5. The maximum absolute atomic E-state index is 7.84. The lowest BCUT2D eigenvalue weighted by molar-refractivity contribution is 0.174. The predicted molar refractivity (Wildman–Crippen MR) is 100 cm³/mol. The van der Waals surface area contributed by atoms with Crippen molar-refractivity contribution in [1.82, 2.24) is 10.6 Å². The maximum Gasteiger partial charge on any atom is 0.231 e. The van der Waals surface area contributed by atoms with Crippen LogP contribution in [0.15, 0.2) is 42.5 Å². The second kappa shape index (κ2) is 8.46. The van der Waals surface area contributed by atoms with E-state index >= 15 is 0 Å². The van der Waals surface area contributed by atoms with E-state index in [2.05, 4.69) is 16.0 Å². The van der Waals surface area contributed by atoms with Crippen LogP contribution >= 0.6 is 24.0 Å². The first-order valence-electron chi connectivity index (χ1n) is 7.19. The van der Waals surface area contributed by atoms with E-state index in [0.29, 0.717) is 23.0 Å². The fourth-order valence-electron chi connectivity index (χ4n) is 2.12. The molecule has 0 saturated carbocycles. The van der Waals surface area contributed by atoms with E-state index in [0.717, 1.165) is 11.3 Å². The first-order valence-corrected chi connectivity index (χ1v) is 7.57. The van der Waals surface area contributed by atoms with Gasteiger partial charge in [0, 0.05) is 17.3 Å². The van der Waals surface area contributed by atoms with Gasteiger partial charge in [0.25, 0.3) is 0 Å². The molecule has 0 unspecified atom stereocenters. The number of halogens is 2. The molecular formula is C16H17Cl2N5O2. The van der Waals surface area contributed by atoms with Gasteiger partial charge in [-0.15, -0.1) is 12.4 Å². The van der Waals surface area contributed by atoms with Crippen LogP contribution in [0.4, 0.5) is 5.69 Å². The topological polar surface area (TPSA) is 102 Å². The number of fused-ring (bicyclic) bond motifs is 1. The molecule has 2 aromatic carbocycles. The zero-order valence-electron chi connectivity index (χ0n) is 13.1. The van der Waals surface area contributed by atoms with Crippen molar-refractivity contribution in [1.29, 1.82) is 10.8 Å². The van der Waals surface area contributed by atoms with Crippen LogP contribution in [0.2, 0.25) is 5.02 Å². The number of hydrogen-bond acceptors (Lipinski definition) is 4. The van der Waals surface area contributed by atoms with E-state index in [-0.39, 0.29) is 31.1 Å². The summed E-state index contributed by atoms with van der Waals surface area (Å²) in [5.41, 5.74) is 1.66. The summed E-state index contributed by atoms with van der Waals surface area (Å²) in [6.45, 7) is 0.661.